The fraction of sp³-hybridized carbons (Fsp3) is 0.429. The van der Waals surface area contributed by atoms with Gasteiger partial charge in [0.2, 0.25) is 5.91 Å². The quantitative estimate of drug-likeness (QED) is 0.644. The third-order valence-electron chi connectivity index (χ3n) is 7.33. The van der Waals surface area contributed by atoms with Gasteiger partial charge in [0.15, 0.2) is 5.78 Å². The lowest BCUT2D eigenvalue weighted by molar-refractivity contribution is -0.122. The van der Waals surface area contributed by atoms with Crippen LogP contribution in [0.1, 0.15) is 31.2 Å². The van der Waals surface area contributed by atoms with Crippen molar-refractivity contribution in [2.75, 3.05) is 26.2 Å². The lowest BCUT2D eigenvalue weighted by Gasteiger charge is -2.38. The lowest BCUT2D eigenvalue weighted by Crippen LogP contribution is -2.53. The molecule has 2 unspecified atom stereocenters. The molecule has 2 bridgehead atoms. The van der Waals surface area contributed by atoms with E-state index < -0.39 is 0 Å². The van der Waals surface area contributed by atoms with E-state index in [0.29, 0.717) is 30.7 Å². The van der Waals surface area contributed by atoms with Gasteiger partial charge in [-0.25, -0.2) is 0 Å². The largest absolute Gasteiger partial charge is 0.462 e. The highest BCUT2D eigenvalue weighted by atomic mass is 16.5. The number of allylic oxidation sites excluding steroid dienone is 4. The van der Waals surface area contributed by atoms with Crippen LogP contribution in [-0.2, 0) is 20.7 Å². The molecule has 5 rings (SSSR count). The summed E-state index contributed by atoms with van der Waals surface area (Å²) in [7, 11) is 0. The SMILES string of the molecule is O=C1C=CC=C(C2=CN(CCCN3CC4CCC(C3)C4NC(=O)Cc3ccccc3)C=CO2)C1. The molecule has 1 N–H and O–H groups in total. The molecule has 0 radical (unpaired) electrons. The highest BCUT2D eigenvalue weighted by molar-refractivity contribution is 5.93. The number of benzene rings is 1. The monoisotopic (exact) mass is 459 g/mol. The predicted octanol–water partition coefficient (Wildman–Crippen LogP) is 3.55. The Morgan fingerprint density at radius 2 is 1.88 bits per heavy atom. The number of piperidine rings is 1. The van der Waals surface area contributed by atoms with Crippen LogP contribution in [0.4, 0.5) is 0 Å². The Labute approximate surface area is 201 Å². The Balaban J connectivity index is 1.08. The fourth-order valence-corrected chi connectivity index (χ4v) is 5.68. The standard InChI is InChI=1S/C28H33N3O3/c32-25-9-4-8-22(17-25)26-20-30(14-15-34-26)12-5-13-31-18-23-10-11-24(19-31)28(23)29-27(33)16-21-6-2-1-3-7-21/h1-4,6-9,14-15,20,23-24,28H,5,10-13,16-19H2,(H,29,33). The number of likely N-dealkylation sites (tertiary alicyclic amines) is 1. The van der Waals surface area contributed by atoms with Gasteiger partial charge in [0.1, 0.15) is 12.0 Å². The first kappa shape index (κ1) is 22.7. The molecule has 2 atom stereocenters. The molecule has 2 aliphatic carbocycles. The van der Waals surface area contributed by atoms with Gasteiger partial charge in [0.05, 0.1) is 6.42 Å². The molecular formula is C28H33N3O3. The first-order valence-corrected chi connectivity index (χ1v) is 12.4. The molecule has 2 heterocycles. The van der Waals surface area contributed by atoms with E-state index in [1.165, 1.54) is 12.8 Å². The number of hydrogen-bond donors (Lipinski definition) is 1. The van der Waals surface area contributed by atoms with Crippen molar-refractivity contribution in [2.45, 2.75) is 38.1 Å². The Morgan fingerprint density at radius 1 is 1.09 bits per heavy atom. The molecule has 1 saturated heterocycles. The van der Waals surface area contributed by atoms with Crippen molar-refractivity contribution >= 4 is 11.7 Å². The van der Waals surface area contributed by atoms with Crippen molar-refractivity contribution in [3.8, 4) is 0 Å². The molecule has 1 aromatic carbocycles. The average molecular weight is 460 g/mol. The number of carbonyl (C=O) groups is 2. The Kier molecular flexibility index (Phi) is 6.95. The van der Waals surface area contributed by atoms with E-state index in [9.17, 15) is 9.59 Å². The summed E-state index contributed by atoms with van der Waals surface area (Å²) < 4.78 is 5.65. The van der Waals surface area contributed by atoms with Gasteiger partial charge in [-0.3, -0.25) is 9.59 Å². The molecular weight excluding hydrogens is 426 g/mol. The van der Waals surface area contributed by atoms with Gasteiger partial charge >= 0.3 is 0 Å². The first-order valence-electron chi connectivity index (χ1n) is 12.4. The maximum Gasteiger partial charge on any atom is 0.224 e. The van der Waals surface area contributed by atoms with E-state index in [1.807, 2.05) is 48.8 Å². The van der Waals surface area contributed by atoms with Crippen LogP contribution in [0.15, 0.2) is 78.6 Å². The number of nitrogens with zero attached hydrogens (tertiary/aromatic N) is 2. The summed E-state index contributed by atoms with van der Waals surface area (Å²) in [6.45, 7) is 4.09. The number of amides is 1. The smallest absolute Gasteiger partial charge is 0.224 e. The molecule has 6 nitrogen and oxygen atoms in total. The Hall–Kier alpha value is -3.12. The molecule has 178 valence electrons. The van der Waals surface area contributed by atoms with Gasteiger partial charge in [-0.1, -0.05) is 42.5 Å². The molecule has 6 heteroatoms. The highest BCUT2D eigenvalue weighted by Crippen LogP contribution is 2.37. The second-order valence-corrected chi connectivity index (χ2v) is 9.79. The number of carbonyl (C=O) groups excluding carboxylic acids is 2. The van der Waals surface area contributed by atoms with E-state index in [1.54, 1.807) is 18.4 Å². The molecule has 34 heavy (non-hydrogen) atoms. The van der Waals surface area contributed by atoms with Crippen LogP contribution in [0, 0.1) is 11.8 Å². The van der Waals surface area contributed by atoms with Gasteiger partial charge in [0, 0.05) is 50.1 Å². The van der Waals surface area contributed by atoms with E-state index in [-0.39, 0.29) is 11.7 Å². The van der Waals surface area contributed by atoms with Crippen molar-refractivity contribution in [1.29, 1.82) is 0 Å². The second-order valence-electron chi connectivity index (χ2n) is 9.79. The summed E-state index contributed by atoms with van der Waals surface area (Å²) in [5.74, 6) is 2.12. The molecule has 2 aliphatic heterocycles. The zero-order valence-electron chi connectivity index (χ0n) is 19.6. The normalized spacial score (nSPS) is 26.2. The maximum absolute atomic E-state index is 12.6. The third-order valence-corrected chi connectivity index (χ3v) is 7.33. The van der Waals surface area contributed by atoms with Gasteiger partial charge in [-0.2, -0.15) is 0 Å². The predicted molar refractivity (Wildman–Crippen MR) is 131 cm³/mol. The van der Waals surface area contributed by atoms with Gasteiger partial charge in [0.25, 0.3) is 0 Å². The zero-order chi connectivity index (χ0) is 23.3. The second kappa shape index (κ2) is 10.4. The topological polar surface area (TPSA) is 61.9 Å². The zero-order valence-corrected chi connectivity index (χ0v) is 19.6. The minimum atomic E-state index is 0.109. The van der Waals surface area contributed by atoms with Crippen molar-refractivity contribution < 1.29 is 14.3 Å². The average Bonchev–Trinajstić information content (AvgIpc) is 3.07. The Bertz CT molecular complexity index is 1010. The summed E-state index contributed by atoms with van der Waals surface area (Å²) in [6.07, 6.45) is 15.3. The summed E-state index contributed by atoms with van der Waals surface area (Å²) in [6, 6.07) is 10.3. The number of nitrogens with one attached hydrogen (secondary N) is 1. The molecule has 4 aliphatic rings. The van der Waals surface area contributed by atoms with Crippen LogP contribution < -0.4 is 5.32 Å². The van der Waals surface area contributed by atoms with Crippen LogP contribution in [-0.4, -0.2) is 53.7 Å². The highest BCUT2D eigenvalue weighted by Gasteiger charge is 2.42. The summed E-state index contributed by atoms with van der Waals surface area (Å²) in [4.78, 5) is 29.0. The lowest BCUT2D eigenvalue weighted by atomic mass is 9.91. The van der Waals surface area contributed by atoms with Gasteiger partial charge in [-0.05, 0) is 49.3 Å². The van der Waals surface area contributed by atoms with Gasteiger partial charge in [-0.15, -0.1) is 0 Å². The third kappa shape index (κ3) is 5.50. The van der Waals surface area contributed by atoms with Crippen LogP contribution in [0.3, 0.4) is 0 Å². The van der Waals surface area contributed by atoms with Crippen LogP contribution >= 0.6 is 0 Å². The van der Waals surface area contributed by atoms with Crippen molar-refractivity contribution in [2.24, 2.45) is 11.8 Å². The first-order chi connectivity index (χ1) is 16.6. The summed E-state index contributed by atoms with van der Waals surface area (Å²) >= 11 is 0. The molecule has 1 aromatic rings. The van der Waals surface area contributed by atoms with E-state index >= 15 is 0 Å². The van der Waals surface area contributed by atoms with Crippen LogP contribution in [0.25, 0.3) is 0 Å². The molecule has 1 amide bonds. The van der Waals surface area contributed by atoms with Crippen LogP contribution in [0.5, 0.6) is 0 Å². The van der Waals surface area contributed by atoms with E-state index in [0.717, 1.165) is 49.5 Å². The summed E-state index contributed by atoms with van der Waals surface area (Å²) in [5.41, 5.74) is 2.00. The van der Waals surface area contributed by atoms with E-state index in [4.69, 9.17) is 4.74 Å². The van der Waals surface area contributed by atoms with Crippen LogP contribution in [0.2, 0.25) is 0 Å². The Morgan fingerprint density at radius 3 is 2.65 bits per heavy atom. The van der Waals surface area contributed by atoms with Crippen molar-refractivity contribution in [3.63, 3.8) is 0 Å². The summed E-state index contributed by atoms with van der Waals surface area (Å²) in [5, 5.41) is 3.36. The molecule has 0 spiro atoms. The van der Waals surface area contributed by atoms with Gasteiger partial charge < -0.3 is 19.9 Å². The number of rotatable bonds is 8. The molecule has 2 fully saturated rings. The number of hydrogen-bond acceptors (Lipinski definition) is 5. The van der Waals surface area contributed by atoms with E-state index in [2.05, 4.69) is 15.1 Å². The fourth-order valence-electron chi connectivity index (χ4n) is 5.68. The molecule has 0 aromatic heterocycles. The number of ketones is 1. The van der Waals surface area contributed by atoms with Crippen molar-refractivity contribution in [3.05, 3.63) is 84.1 Å². The minimum absolute atomic E-state index is 0.109. The number of fused-ring (bicyclic) bond motifs is 2. The number of ether oxygens (including phenoxy) is 1. The minimum Gasteiger partial charge on any atom is -0.462 e. The van der Waals surface area contributed by atoms with Crippen molar-refractivity contribution in [1.82, 2.24) is 15.1 Å². The maximum atomic E-state index is 12.6. The molecule has 1 saturated carbocycles.